The number of nitrogens with zero attached hydrogens (tertiary/aromatic N) is 2. The minimum absolute atomic E-state index is 0.00733. The van der Waals surface area contributed by atoms with E-state index < -0.39 is 26.4 Å². The van der Waals surface area contributed by atoms with Crippen molar-refractivity contribution in [2.24, 2.45) is 17.3 Å². The standard InChI is InChI=1S/C29H42N2O8S2/c1-28(2)36-25-18-23-21-9-8-19-16-20(38-40(32,33)30-12-4-5-13-30)17-24(39-41(34,35)31-14-6-7-15-31)26(19)22(21)10-11-29(23,3)27(25)37-28/h16-17,21-23,25,27H,4-15,18H2,1-3H3/t21-,22-,23-,25-,27-,29-/m0/s1. The molecular formula is C29H42N2O8S2. The quantitative estimate of drug-likeness (QED) is 0.473. The van der Waals surface area contributed by atoms with Crippen molar-refractivity contribution in [3.63, 3.8) is 0 Å². The van der Waals surface area contributed by atoms with Crippen molar-refractivity contribution in [1.82, 2.24) is 8.61 Å². The van der Waals surface area contributed by atoms with Gasteiger partial charge in [0.05, 0.1) is 12.2 Å². The first-order valence-corrected chi connectivity index (χ1v) is 18.0. The van der Waals surface area contributed by atoms with Crippen molar-refractivity contribution in [1.29, 1.82) is 0 Å². The number of hydrogen-bond acceptors (Lipinski definition) is 8. The molecular weight excluding hydrogens is 568 g/mol. The van der Waals surface area contributed by atoms with Gasteiger partial charge in [-0.1, -0.05) is 6.92 Å². The molecule has 1 aromatic carbocycles. The van der Waals surface area contributed by atoms with Crippen molar-refractivity contribution in [3.8, 4) is 11.5 Å². The van der Waals surface area contributed by atoms with Gasteiger partial charge in [0.2, 0.25) is 0 Å². The Hall–Kier alpha value is -1.44. The van der Waals surface area contributed by atoms with Crippen molar-refractivity contribution in [2.75, 3.05) is 26.2 Å². The van der Waals surface area contributed by atoms with Crippen LogP contribution in [0.15, 0.2) is 12.1 Å². The smallest absolute Gasteiger partial charge is 0.371 e. The number of hydrogen-bond donors (Lipinski definition) is 0. The maximum atomic E-state index is 13.4. The average molecular weight is 611 g/mol. The molecule has 2 saturated carbocycles. The summed E-state index contributed by atoms with van der Waals surface area (Å²) >= 11 is 0. The molecule has 10 nitrogen and oxygen atoms in total. The summed E-state index contributed by atoms with van der Waals surface area (Å²) in [6.45, 7) is 8.02. The van der Waals surface area contributed by atoms with Gasteiger partial charge >= 0.3 is 20.6 Å². The molecule has 1 aromatic rings. The van der Waals surface area contributed by atoms with Gasteiger partial charge < -0.3 is 17.8 Å². The Balaban J connectivity index is 1.24. The lowest BCUT2D eigenvalue weighted by Gasteiger charge is -2.50. The van der Waals surface area contributed by atoms with Crippen molar-refractivity contribution in [2.45, 2.75) is 102 Å². The summed E-state index contributed by atoms with van der Waals surface area (Å²) < 4.78 is 79.8. The summed E-state index contributed by atoms with van der Waals surface area (Å²) in [6.07, 6.45) is 7.70. The highest BCUT2D eigenvalue weighted by Crippen LogP contribution is 2.65. The highest BCUT2D eigenvalue weighted by molar-refractivity contribution is 7.85. The first-order valence-electron chi connectivity index (χ1n) is 15.3. The van der Waals surface area contributed by atoms with E-state index in [2.05, 4.69) is 6.92 Å². The van der Waals surface area contributed by atoms with Crippen LogP contribution < -0.4 is 8.37 Å². The van der Waals surface area contributed by atoms with E-state index in [0.717, 1.165) is 62.5 Å². The molecule has 41 heavy (non-hydrogen) atoms. The number of aryl methyl sites for hydroxylation is 1. The second kappa shape index (κ2) is 9.79. The Morgan fingerprint density at radius 1 is 0.854 bits per heavy atom. The van der Waals surface area contributed by atoms with Crippen LogP contribution in [0, 0.1) is 17.3 Å². The molecule has 0 spiro atoms. The van der Waals surface area contributed by atoms with Gasteiger partial charge in [0, 0.05) is 37.8 Å². The Kier molecular flexibility index (Phi) is 6.76. The van der Waals surface area contributed by atoms with E-state index >= 15 is 0 Å². The molecule has 5 fully saturated rings. The van der Waals surface area contributed by atoms with Gasteiger partial charge in [-0.25, -0.2) is 0 Å². The third-order valence-corrected chi connectivity index (χ3v) is 13.5. The zero-order chi connectivity index (χ0) is 28.8. The van der Waals surface area contributed by atoms with Crippen LogP contribution in [0.5, 0.6) is 11.5 Å². The zero-order valence-electron chi connectivity index (χ0n) is 24.2. The van der Waals surface area contributed by atoms with Crippen LogP contribution in [-0.4, -0.2) is 69.6 Å². The van der Waals surface area contributed by atoms with Gasteiger partial charge in [-0.15, -0.1) is 0 Å². The molecule has 3 heterocycles. The molecule has 3 saturated heterocycles. The molecule has 6 atom stereocenters. The van der Waals surface area contributed by atoms with Crippen molar-refractivity contribution in [3.05, 3.63) is 23.3 Å². The highest BCUT2D eigenvalue weighted by atomic mass is 32.2. The zero-order valence-corrected chi connectivity index (χ0v) is 25.8. The summed E-state index contributed by atoms with van der Waals surface area (Å²) in [5, 5.41) is 0. The van der Waals surface area contributed by atoms with Crippen LogP contribution in [-0.2, 0) is 36.5 Å². The first-order chi connectivity index (χ1) is 19.4. The topological polar surface area (TPSA) is 112 Å². The Morgan fingerprint density at radius 2 is 1.49 bits per heavy atom. The molecule has 7 rings (SSSR count). The average Bonchev–Trinajstić information content (AvgIpc) is 3.69. The second-order valence-corrected chi connectivity index (χ2v) is 16.7. The van der Waals surface area contributed by atoms with Gasteiger partial charge in [0.1, 0.15) is 5.75 Å². The summed E-state index contributed by atoms with van der Waals surface area (Å²) in [6, 6.07) is 3.29. The third-order valence-electron chi connectivity index (χ3n) is 10.7. The molecule has 0 aromatic heterocycles. The molecule has 0 bridgehead atoms. The minimum Gasteiger partial charge on any atom is -0.371 e. The number of rotatable bonds is 6. The van der Waals surface area contributed by atoms with Gasteiger partial charge in [-0.05, 0) is 106 Å². The second-order valence-electron chi connectivity index (χ2n) is 13.6. The van der Waals surface area contributed by atoms with E-state index in [-0.39, 0.29) is 35.0 Å². The molecule has 3 aliphatic heterocycles. The molecule has 12 heteroatoms. The van der Waals surface area contributed by atoms with Crippen LogP contribution in [0.1, 0.15) is 89.2 Å². The fraction of sp³-hybridized carbons (Fsp3) is 0.793. The molecule has 0 radical (unpaired) electrons. The number of benzene rings is 1. The molecule has 0 amide bonds. The first kappa shape index (κ1) is 28.3. The van der Waals surface area contributed by atoms with E-state index in [9.17, 15) is 16.8 Å². The lowest BCUT2D eigenvalue weighted by molar-refractivity contribution is -0.178. The fourth-order valence-electron chi connectivity index (χ4n) is 8.90. The Bertz CT molecular complexity index is 1420. The SMILES string of the molecule is CC1(C)O[C@H]2C[C@H]3[C@H]4CCc5cc(OS(=O)(=O)N6CCCC6)cc(OS(=O)(=O)N6CCCC6)c5[C@H]4CC[C@]3(C)[C@H]2O1. The van der Waals surface area contributed by atoms with Gasteiger partial charge in [-0.3, -0.25) is 0 Å². The highest BCUT2D eigenvalue weighted by Gasteiger charge is 2.63. The third kappa shape index (κ3) is 4.81. The summed E-state index contributed by atoms with van der Waals surface area (Å²) in [7, 11) is -8.02. The summed E-state index contributed by atoms with van der Waals surface area (Å²) in [5.41, 5.74) is 1.81. The van der Waals surface area contributed by atoms with Crippen LogP contribution >= 0.6 is 0 Å². The molecule has 3 aliphatic carbocycles. The largest absolute Gasteiger partial charge is 0.385 e. The van der Waals surface area contributed by atoms with E-state index in [1.807, 2.05) is 13.8 Å². The maximum absolute atomic E-state index is 13.4. The Morgan fingerprint density at radius 3 is 2.15 bits per heavy atom. The molecule has 6 aliphatic rings. The van der Waals surface area contributed by atoms with Crippen LogP contribution in [0.3, 0.4) is 0 Å². The molecule has 0 unspecified atom stereocenters. The van der Waals surface area contributed by atoms with Crippen LogP contribution in [0.4, 0.5) is 0 Å². The predicted molar refractivity (Wildman–Crippen MR) is 151 cm³/mol. The number of fused-ring (bicyclic) bond motifs is 7. The maximum Gasteiger partial charge on any atom is 0.385 e. The van der Waals surface area contributed by atoms with Crippen molar-refractivity contribution < 1.29 is 34.7 Å². The lowest BCUT2D eigenvalue weighted by atomic mass is 9.55. The van der Waals surface area contributed by atoms with Gasteiger partial charge in [-0.2, -0.15) is 25.4 Å². The van der Waals surface area contributed by atoms with Crippen LogP contribution in [0.2, 0.25) is 0 Å². The van der Waals surface area contributed by atoms with Crippen molar-refractivity contribution >= 4 is 20.6 Å². The molecule has 228 valence electrons. The van der Waals surface area contributed by atoms with Gasteiger partial charge in [0.15, 0.2) is 11.5 Å². The Labute approximate surface area is 244 Å². The molecule has 0 N–H and O–H groups in total. The summed E-state index contributed by atoms with van der Waals surface area (Å²) in [5.74, 6) is 0.577. The summed E-state index contributed by atoms with van der Waals surface area (Å²) in [4.78, 5) is 0. The van der Waals surface area contributed by atoms with E-state index in [4.69, 9.17) is 17.8 Å². The monoisotopic (exact) mass is 610 g/mol. The van der Waals surface area contributed by atoms with E-state index in [0.29, 0.717) is 44.4 Å². The normalized spacial score (nSPS) is 36.9. The predicted octanol–water partition coefficient (Wildman–Crippen LogP) is 4.11. The lowest BCUT2D eigenvalue weighted by Crippen LogP contribution is -2.45. The van der Waals surface area contributed by atoms with Crippen LogP contribution in [0.25, 0.3) is 0 Å². The van der Waals surface area contributed by atoms with Gasteiger partial charge in [0.25, 0.3) is 0 Å². The van der Waals surface area contributed by atoms with E-state index in [1.165, 1.54) is 14.7 Å². The van der Waals surface area contributed by atoms with E-state index in [1.54, 1.807) is 6.07 Å². The minimum atomic E-state index is -4.04. The number of ether oxygens (including phenoxy) is 2. The fourth-order valence-corrected chi connectivity index (χ4v) is 11.2.